The van der Waals surface area contributed by atoms with Crippen molar-refractivity contribution in [2.24, 2.45) is 27.7 Å². The summed E-state index contributed by atoms with van der Waals surface area (Å²) >= 11 is 0. The Balaban J connectivity index is 1.16. The second kappa shape index (κ2) is 11.0. The molecule has 0 radical (unpaired) electrons. The zero-order chi connectivity index (χ0) is 25.1. The first-order chi connectivity index (χ1) is 17.5. The highest BCUT2D eigenvalue weighted by Gasteiger charge is 2.34. The van der Waals surface area contributed by atoms with Gasteiger partial charge >= 0.3 is 0 Å². The zero-order valence-corrected chi connectivity index (χ0v) is 21.2. The Morgan fingerprint density at radius 3 is 2.47 bits per heavy atom. The second-order valence-electron chi connectivity index (χ2n) is 10.6. The average Bonchev–Trinajstić information content (AvgIpc) is 3.72. The summed E-state index contributed by atoms with van der Waals surface area (Å²) in [4.78, 5) is 51.8. The third-order valence-corrected chi connectivity index (χ3v) is 7.94. The minimum atomic E-state index is -0.142. The lowest BCUT2D eigenvalue weighted by Crippen LogP contribution is -2.46. The number of carbonyl (C=O) groups is 3. The number of amidine groups is 1. The van der Waals surface area contributed by atoms with Crippen molar-refractivity contribution in [2.75, 3.05) is 39.8 Å². The van der Waals surface area contributed by atoms with E-state index < -0.39 is 0 Å². The smallest absolute Gasteiger partial charge is 0.256 e. The summed E-state index contributed by atoms with van der Waals surface area (Å²) in [6, 6.07) is 7.28. The molecule has 192 valence electrons. The Bertz CT molecular complexity index is 1050. The molecule has 1 saturated heterocycles. The van der Waals surface area contributed by atoms with Gasteiger partial charge in [-0.05, 0) is 88.2 Å². The third-order valence-electron chi connectivity index (χ3n) is 7.94. The van der Waals surface area contributed by atoms with Crippen LogP contribution < -0.4 is 4.74 Å². The molecule has 2 amide bonds. The monoisotopic (exact) mass is 492 g/mol. The predicted octanol–water partition coefficient (Wildman–Crippen LogP) is 3.40. The molecule has 8 nitrogen and oxygen atoms in total. The summed E-state index contributed by atoms with van der Waals surface area (Å²) in [7, 11) is 1.61. The maximum absolute atomic E-state index is 13.3. The lowest BCUT2D eigenvalue weighted by Gasteiger charge is -2.33. The van der Waals surface area contributed by atoms with Crippen LogP contribution in [0.4, 0.5) is 0 Å². The first-order valence-electron chi connectivity index (χ1n) is 13.4. The maximum atomic E-state index is 13.3. The van der Waals surface area contributed by atoms with Gasteiger partial charge in [0.15, 0.2) is 11.6 Å². The van der Waals surface area contributed by atoms with Crippen LogP contribution in [0.3, 0.4) is 0 Å². The van der Waals surface area contributed by atoms with Gasteiger partial charge in [0.25, 0.3) is 5.91 Å². The molecule has 2 aliphatic heterocycles. The number of piperidine rings is 1. The number of Topliss-reactive ketones (excluding diaryl/α,β-unsaturated/α-hetero) is 1. The highest BCUT2D eigenvalue weighted by atomic mass is 16.5. The maximum Gasteiger partial charge on any atom is 0.256 e. The molecule has 0 bridgehead atoms. The predicted molar refractivity (Wildman–Crippen MR) is 138 cm³/mol. The van der Waals surface area contributed by atoms with Crippen molar-refractivity contribution in [1.29, 1.82) is 0 Å². The van der Waals surface area contributed by atoms with Crippen molar-refractivity contribution < 1.29 is 19.1 Å². The molecule has 2 aliphatic carbocycles. The average molecular weight is 493 g/mol. The SMILES string of the molecule is COc1ccc(C(=O)C2CCN(CC(=O)N(CC3=NC(=O)C4CCCCC4=N3)CC3CC3)CC2)cc1. The number of rotatable bonds is 9. The van der Waals surface area contributed by atoms with Gasteiger partial charge in [0, 0.05) is 23.7 Å². The number of fused-ring (bicyclic) bond motifs is 1. The van der Waals surface area contributed by atoms with Crippen molar-refractivity contribution in [3.8, 4) is 5.75 Å². The number of hydrogen-bond donors (Lipinski definition) is 0. The molecule has 8 heteroatoms. The molecular formula is C28H36N4O4. The van der Waals surface area contributed by atoms with E-state index in [-0.39, 0.29) is 29.4 Å². The molecule has 1 aromatic rings. The molecule has 2 saturated carbocycles. The van der Waals surface area contributed by atoms with Gasteiger partial charge in [0.2, 0.25) is 5.91 Å². The van der Waals surface area contributed by atoms with Crippen molar-refractivity contribution >= 4 is 29.1 Å². The lowest BCUT2D eigenvalue weighted by molar-refractivity contribution is -0.132. The van der Waals surface area contributed by atoms with Gasteiger partial charge in [-0.2, -0.15) is 4.99 Å². The van der Waals surface area contributed by atoms with Crippen LogP contribution >= 0.6 is 0 Å². The van der Waals surface area contributed by atoms with Crippen LogP contribution in [-0.2, 0) is 9.59 Å². The molecule has 1 atom stereocenters. The first kappa shape index (κ1) is 24.8. The largest absolute Gasteiger partial charge is 0.497 e. The summed E-state index contributed by atoms with van der Waals surface area (Å²) < 4.78 is 5.18. The third kappa shape index (κ3) is 5.91. The van der Waals surface area contributed by atoms with Crippen LogP contribution in [0.25, 0.3) is 0 Å². The van der Waals surface area contributed by atoms with E-state index in [1.54, 1.807) is 7.11 Å². The number of ether oxygens (including phenoxy) is 1. The molecule has 0 aromatic heterocycles. The zero-order valence-electron chi connectivity index (χ0n) is 21.2. The number of ketones is 1. The fourth-order valence-corrected chi connectivity index (χ4v) is 5.53. The van der Waals surface area contributed by atoms with E-state index in [9.17, 15) is 14.4 Å². The fourth-order valence-electron chi connectivity index (χ4n) is 5.53. The van der Waals surface area contributed by atoms with Crippen molar-refractivity contribution in [2.45, 2.75) is 51.4 Å². The van der Waals surface area contributed by atoms with Crippen LogP contribution in [0.1, 0.15) is 61.7 Å². The second-order valence-corrected chi connectivity index (χ2v) is 10.6. The van der Waals surface area contributed by atoms with E-state index in [1.807, 2.05) is 29.2 Å². The quantitative estimate of drug-likeness (QED) is 0.493. The Hall–Kier alpha value is -2.87. The number of carbonyl (C=O) groups excluding carboxylic acids is 3. The lowest BCUT2D eigenvalue weighted by atomic mass is 9.86. The highest BCUT2D eigenvalue weighted by molar-refractivity contribution is 6.17. The van der Waals surface area contributed by atoms with Crippen molar-refractivity contribution in [3.63, 3.8) is 0 Å². The van der Waals surface area contributed by atoms with Crippen LogP contribution in [0.15, 0.2) is 34.3 Å². The summed E-state index contributed by atoms with van der Waals surface area (Å²) in [5, 5.41) is 0. The standard InChI is InChI=1S/C28H36N4O4/c1-36-22-10-8-20(9-11-22)27(34)21-12-14-31(15-13-21)18-26(33)32(16-19-6-7-19)17-25-29-24-5-3-2-4-23(24)28(35)30-25/h8-11,19,21,23H,2-7,12-18H2,1H3. The Morgan fingerprint density at radius 2 is 1.78 bits per heavy atom. The Labute approximate surface area is 212 Å². The first-order valence-corrected chi connectivity index (χ1v) is 13.4. The number of methoxy groups -OCH3 is 1. The number of amides is 2. The highest BCUT2D eigenvalue weighted by Crippen LogP contribution is 2.31. The minimum absolute atomic E-state index is 0.0193. The molecule has 1 aromatic carbocycles. The van der Waals surface area contributed by atoms with E-state index in [1.165, 1.54) is 0 Å². The molecule has 0 N–H and O–H groups in total. The molecule has 4 aliphatic rings. The number of likely N-dealkylation sites (tertiary alicyclic amines) is 1. The summed E-state index contributed by atoms with van der Waals surface area (Å²) in [5.74, 6) is 1.75. The van der Waals surface area contributed by atoms with Gasteiger partial charge in [-0.1, -0.05) is 6.42 Å². The summed E-state index contributed by atoms with van der Waals surface area (Å²) in [6.07, 6.45) is 7.60. The van der Waals surface area contributed by atoms with Gasteiger partial charge in [-0.15, -0.1) is 0 Å². The van der Waals surface area contributed by atoms with Crippen LogP contribution in [0.2, 0.25) is 0 Å². The minimum Gasteiger partial charge on any atom is -0.497 e. The molecule has 2 heterocycles. The molecular weight excluding hydrogens is 456 g/mol. The summed E-state index contributed by atoms with van der Waals surface area (Å²) in [5.41, 5.74) is 1.67. The molecule has 3 fully saturated rings. The van der Waals surface area contributed by atoms with Crippen molar-refractivity contribution in [3.05, 3.63) is 29.8 Å². The van der Waals surface area contributed by atoms with Gasteiger partial charge in [0.05, 0.1) is 26.1 Å². The van der Waals surface area contributed by atoms with Gasteiger partial charge in [-0.25, -0.2) is 4.99 Å². The van der Waals surface area contributed by atoms with E-state index >= 15 is 0 Å². The molecule has 5 rings (SSSR count). The van der Waals surface area contributed by atoms with Crippen LogP contribution in [0.5, 0.6) is 5.75 Å². The van der Waals surface area contributed by atoms with E-state index in [0.717, 1.165) is 75.9 Å². The number of hydrogen-bond acceptors (Lipinski definition) is 6. The number of benzene rings is 1. The molecule has 36 heavy (non-hydrogen) atoms. The summed E-state index contributed by atoms with van der Waals surface area (Å²) in [6.45, 7) is 2.78. The van der Waals surface area contributed by atoms with E-state index in [4.69, 9.17) is 9.73 Å². The number of aliphatic imine (C=N–C) groups is 2. The van der Waals surface area contributed by atoms with Gasteiger partial charge in [-0.3, -0.25) is 19.3 Å². The van der Waals surface area contributed by atoms with E-state index in [0.29, 0.717) is 37.0 Å². The van der Waals surface area contributed by atoms with Crippen LogP contribution in [0, 0.1) is 17.8 Å². The molecule has 0 spiro atoms. The Kier molecular flexibility index (Phi) is 7.60. The van der Waals surface area contributed by atoms with Gasteiger partial charge < -0.3 is 9.64 Å². The topological polar surface area (TPSA) is 91.6 Å². The number of nitrogens with zero attached hydrogens (tertiary/aromatic N) is 4. The fraction of sp³-hybridized carbons (Fsp3) is 0.607. The van der Waals surface area contributed by atoms with Crippen LogP contribution in [-0.4, -0.2) is 78.8 Å². The molecule has 1 unspecified atom stereocenters. The van der Waals surface area contributed by atoms with Crippen molar-refractivity contribution in [1.82, 2.24) is 9.80 Å². The van der Waals surface area contributed by atoms with E-state index in [2.05, 4.69) is 9.89 Å². The normalized spacial score (nSPS) is 22.9. The Morgan fingerprint density at radius 1 is 1.03 bits per heavy atom. The van der Waals surface area contributed by atoms with Gasteiger partial charge in [0.1, 0.15) is 5.75 Å².